The van der Waals surface area contributed by atoms with Gasteiger partial charge in [0.05, 0.1) is 0 Å². The smallest absolute Gasteiger partial charge is 0.317 e. The highest BCUT2D eigenvalue weighted by Crippen LogP contribution is 2.20. The third-order valence-corrected chi connectivity index (χ3v) is 1.59. The first-order valence-electron chi connectivity index (χ1n) is 3.62. The zero-order valence-electron chi connectivity index (χ0n) is 6.97. The van der Waals surface area contributed by atoms with Crippen LogP contribution in [0.4, 0.5) is 18.9 Å². The molecule has 0 aliphatic heterocycles. The highest BCUT2D eigenvalue weighted by molar-refractivity contribution is 5.49. The molecule has 0 unspecified atom stereocenters. The molecular weight excluding hydrogens is 179 g/mol. The third-order valence-electron chi connectivity index (χ3n) is 1.59. The first kappa shape index (κ1) is 9.64. The monoisotopic (exact) mass is 187 g/mol. The molecule has 4 heteroatoms. The summed E-state index contributed by atoms with van der Waals surface area (Å²) >= 11 is 0. The van der Waals surface area contributed by atoms with E-state index in [-0.39, 0.29) is 0 Å². The summed E-state index contributed by atoms with van der Waals surface area (Å²) in [5.74, 6) is -1.52. The molecule has 0 saturated heterocycles. The Balaban J connectivity index is 2.93. The van der Waals surface area contributed by atoms with Gasteiger partial charge in [-0.15, -0.1) is 0 Å². The molecule has 0 N–H and O–H groups in total. The lowest BCUT2D eigenvalue weighted by Crippen LogP contribution is -2.13. The van der Waals surface area contributed by atoms with Gasteiger partial charge in [0.25, 0.3) is 5.95 Å². The van der Waals surface area contributed by atoms with Crippen LogP contribution in [0.1, 0.15) is 0 Å². The zero-order chi connectivity index (χ0) is 9.84. The molecule has 13 heavy (non-hydrogen) atoms. The second-order valence-electron chi connectivity index (χ2n) is 2.45. The van der Waals surface area contributed by atoms with Crippen LogP contribution in [0.3, 0.4) is 0 Å². The summed E-state index contributed by atoms with van der Waals surface area (Å²) in [5.41, 5.74) is 0.382. The number of halogens is 3. The molecule has 0 spiro atoms. The molecule has 0 saturated carbocycles. The molecule has 0 bridgehead atoms. The van der Waals surface area contributed by atoms with Gasteiger partial charge < -0.3 is 4.90 Å². The van der Waals surface area contributed by atoms with Crippen molar-refractivity contribution in [2.45, 2.75) is 0 Å². The van der Waals surface area contributed by atoms with Crippen LogP contribution in [0.2, 0.25) is 0 Å². The van der Waals surface area contributed by atoms with Crippen molar-refractivity contribution in [1.82, 2.24) is 0 Å². The molecule has 1 aromatic rings. The SMILES string of the molecule is CN(C(F)=C(F)F)c1ccccc1. The van der Waals surface area contributed by atoms with Crippen LogP contribution in [-0.4, -0.2) is 7.05 Å². The second kappa shape index (κ2) is 3.98. The standard InChI is InChI=1S/C9H8F3N/c1-13(9(12)8(10)11)7-5-3-2-4-6-7/h2-6H,1H3. The molecule has 0 aliphatic carbocycles. The van der Waals surface area contributed by atoms with Crippen LogP contribution in [0.25, 0.3) is 0 Å². The number of hydrogen-bond donors (Lipinski definition) is 0. The van der Waals surface area contributed by atoms with E-state index in [0.29, 0.717) is 5.69 Å². The predicted molar refractivity (Wildman–Crippen MR) is 45.2 cm³/mol. The number of para-hydroxylation sites is 1. The summed E-state index contributed by atoms with van der Waals surface area (Å²) in [6, 6.07) is 8.11. The van der Waals surface area contributed by atoms with Crippen LogP contribution >= 0.6 is 0 Å². The third kappa shape index (κ3) is 2.24. The molecule has 70 valence electrons. The largest absolute Gasteiger partial charge is 0.323 e. The summed E-state index contributed by atoms with van der Waals surface area (Å²) in [4.78, 5) is 0.787. The topological polar surface area (TPSA) is 3.24 Å². The fourth-order valence-electron chi connectivity index (χ4n) is 0.892. The van der Waals surface area contributed by atoms with Crippen LogP contribution in [0.5, 0.6) is 0 Å². The number of hydrogen-bond acceptors (Lipinski definition) is 1. The van der Waals surface area contributed by atoms with E-state index in [4.69, 9.17) is 0 Å². The van der Waals surface area contributed by atoms with E-state index in [1.807, 2.05) is 0 Å². The van der Waals surface area contributed by atoms with Gasteiger partial charge in [0.1, 0.15) is 0 Å². The predicted octanol–water partition coefficient (Wildman–Crippen LogP) is 3.16. The van der Waals surface area contributed by atoms with Gasteiger partial charge in [-0.2, -0.15) is 13.2 Å². The Morgan fingerprint density at radius 3 is 2.08 bits per heavy atom. The first-order valence-corrected chi connectivity index (χ1v) is 3.62. The highest BCUT2D eigenvalue weighted by atomic mass is 19.3. The van der Waals surface area contributed by atoms with Crippen molar-refractivity contribution < 1.29 is 13.2 Å². The number of nitrogens with zero attached hydrogens (tertiary/aromatic N) is 1. The Hall–Kier alpha value is -1.45. The van der Waals surface area contributed by atoms with Gasteiger partial charge in [-0.25, -0.2) is 0 Å². The van der Waals surface area contributed by atoms with Crippen molar-refractivity contribution in [1.29, 1.82) is 0 Å². The number of rotatable bonds is 2. The van der Waals surface area contributed by atoms with Gasteiger partial charge in [-0.05, 0) is 12.1 Å². The van der Waals surface area contributed by atoms with Crippen molar-refractivity contribution in [2.75, 3.05) is 11.9 Å². The quantitative estimate of drug-likeness (QED) is 0.643. The van der Waals surface area contributed by atoms with Gasteiger partial charge in [0.2, 0.25) is 0 Å². The molecule has 0 radical (unpaired) electrons. The van der Waals surface area contributed by atoms with E-state index >= 15 is 0 Å². The van der Waals surface area contributed by atoms with Crippen molar-refractivity contribution in [3.8, 4) is 0 Å². The summed E-state index contributed by atoms with van der Waals surface area (Å²) in [5, 5.41) is 0. The van der Waals surface area contributed by atoms with E-state index in [9.17, 15) is 13.2 Å². The molecule has 0 heterocycles. The van der Waals surface area contributed by atoms with Gasteiger partial charge in [0, 0.05) is 12.7 Å². The van der Waals surface area contributed by atoms with Crippen LogP contribution in [0, 0.1) is 0 Å². The summed E-state index contributed by atoms with van der Waals surface area (Å²) in [6.07, 6.45) is -2.31. The Morgan fingerprint density at radius 2 is 1.62 bits per heavy atom. The van der Waals surface area contributed by atoms with E-state index in [2.05, 4.69) is 0 Å². The maximum atomic E-state index is 12.7. The van der Waals surface area contributed by atoms with Gasteiger partial charge in [-0.3, -0.25) is 0 Å². The van der Waals surface area contributed by atoms with Gasteiger partial charge in [0.15, 0.2) is 0 Å². The molecule has 0 atom stereocenters. The molecule has 0 fully saturated rings. The lowest BCUT2D eigenvalue weighted by Gasteiger charge is -2.15. The van der Waals surface area contributed by atoms with Crippen LogP contribution in [0.15, 0.2) is 42.4 Å². The lowest BCUT2D eigenvalue weighted by atomic mass is 10.3. The average molecular weight is 187 g/mol. The Bertz CT molecular complexity index is 304. The Morgan fingerprint density at radius 1 is 1.08 bits per heavy atom. The maximum absolute atomic E-state index is 12.7. The Kier molecular flexibility index (Phi) is 2.95. The number of anilines is 1. The lowest BCUT2D eigenvalue weighted by molar-refractivity contribution is 0.374. The summed E-state index contributed by atoms with van der Waals surface area (Å²) < 4.78 is 36.3. The minimum absolute atomic E-state index is 0.382. The Labute approximate surface area is 74.1 Å². The van der Waals surface area contributed by atoms with E-state index in [0.717, 1.165) is 4.90 Å². The van der Waals surface area contributed by atoms with E-state index < -0.39 is 12.0 Å². The van der Waals surface area contributed by atoms with Crippen molar-refractivity contribution in [3.63, 3.8) is 0 Å². The molecule has 0 amide bonds. The minimum atomic E-state index is -2.31. The second-order valence-corrected chi connectivity index (χ2v) is 2.45. The fraction of sp³-hybridized carbons (Fsp3) is 0.111. The first-order chi connectivity index (χ1) is 6.13. The normalized spacial score (nSPS) is 9.54. The van der Waals surface area contributed by atoms with Gasteiger partial charge >= 0.3 is 6.08 Å². The summed E-state index contributed by atoms with van der Waals surface area (Å²) in [7, 11) is 1.24. The van der Waals surface area contributed by atoms with Crippen molar-refractivity contribution >= 4 is 5.69 Å². The average Bonchev–Trinajstić information content (AvgIpc) is 2.17. The molecule has 1 nitrogen and oxygen atoms in total. The van der Waals surface area contributed by atoms with Crippen molar-refractivity contribution in [2.24, 2.45) is 0 Å². The van der Waals surface area contributed by atoms with Crippen LogP contribution < -0.4 is 4.90 Å². The maximum Gasteiger partial charge on any atom is 0.323 e. The molecule has 0 aliphatic rings. The zero-order valence-corrected chi connectivity index (χ0v) is 6.97. The minimum Gasteiger partial charge on any atom is -0.317 e. The molecule has 1 aromatic carbocycles. The molecule has 1 rings (SSSR count). The molecular formula is C9H8F3N. The fourth-order valence-corrected chi connectivity index (χ4v) is 0.892. The summed E-state index contributed by atoms with van der Waals surface area (Å²) in [6.45, 7) is 0. The highest BCUT2D eigenvalue weighted by Gasteiger charge is 2.11. The number of benzene rings is 1. The van der Waals surface area contributed by atoms with E-state index in [1.165, 1.54) is 7.05 Å². The molecule has 0 aromatic heterocycles. The van der Waals surface area contributed by atoms with Crippen molar-refractivity contribution in [3.05, 3.63) is 42.4 Å². The van der Waals surface area contributed by atoms with Gasteiger partial charge in [-0.1, -0.05) is 18.2 Å². The van der Waals surface area contributed by atoms with Crippen LogP contribution in [-0.2, 0) is 0 Å². The van der Waals surface area contributed by atoms with E-state index in [1.54, 1.807) is 30.3 Å².